The highest BCUT2D eigenvalue weighted by atomic mass is 16.3. The van der Waals surface area contributed by atoms with Crippen LogP contribution in [0.4, 0.5) is 0 Å². The number of carbonyl (C=O) groups is 1. The third kappa shape index (κ3) is 4.64. The van der Waals surface area contributed by atoms with Crippen molar-refractivity contribution >= 4 is 5.91 Å². The molecule has 0 aliphatic heterocycles. The minimum absolute atomic E-state index is 0.0131. The molecule has 1 fully saturated rings. The number of nitrogens with two attached hydrogens (primary N) is 1. The van der Waals surface area contributed by atoms with Crippen LogP contribution in [0, 0.1) is 11.8 Å². The molecule has 4 heteroatoms. The highest BCUT2D eigenvalue weighted by Gasteiger charge is 2.27. The van der Waals surface area contributed by atoms with Crippen molar-refractivity contribution in [3.8, 4) is 0 Å². The summed E-state index contributed by atoms with van der Waals surface area (Å²) in [5.41, 5.74) is 6.02. The maximum atomic E-state index is 12.0. The Labute approximate surface area is 104 Å². The van der Waals surface area contributed by atoms with Crippen LogP contribution in [-0.2, 0) is 4.79 Å². The van der Waals surface area contributed by atoms with Gasteiger partial charge >= 0.3 is 0 Å². The molecule has 0 radical (unpaired) electrons. The van der Waals surface area contributed by atoms with E-state index in [0.29, 0.717) is 6.54 Å². The third-order valence-corrected chi connectivity index (χ3v) is 3.66. The molecule has 1 aliphatic carbocycles. The monoisotopic (exact) mass is 242 g/mol. The number of aliphatic hydroxyl groups excluding tert-OH is 1. The first kappa shape index (κ1) is 14.5. The summed E-state index contributed by atoms with van der Waals surface area (Å²) in [5.74, 6) is 0.106. The molecule has 1 amide bonds. The molecule has 100 valence electrons. The first-order chi connectivity index (χ1) is 8.02. The van der Waals surface area contributed by atoms with E-state index in [1.165, 1.54) is 6.42 Å². The highest BCUT2D eigenvalue weighted by molar-refractivity contribution is 5.79. The molecule has 0 saturated heterocycles. The van der Waals surface area contributed by atoms with Gasteiger partial charge in [0.15, 0.2) is 0 Å². The Hall–Kier alpha value is -0.610. The Morgan fingerprint density at radius 3 is 2.65 bits per heavy atom. The Kier molecular flexibility index (Phi) is 5.92. The van der Waals surface area contributed by atoms with Crippen LogP contribution >= 0.6 is 0 Å². The summed E-state index contributed by atoms with van der Waals surface area (Å²) in [4.78, 5) is 12.0. The second-order valence-electron chi connectivity index (χ2n) is 5.46. The average Bonchev–Trinajstić information content (AvgIpc) is 2.50. The number of hydrogen-bond acceptors (Lipinski definition) is 3. The van der Waals surface area contributed by atoms with Crippen molar-refractivity contribution in [2.24, 2.45) is 17.6 Å². The second kappa shape index (κ2) is 6.97. The predicted octanol–water partition coefficient (Wildman–Crippen LogP) is 1.03. The Morgan fingerprint density at radius 1 is 1.35 bits per heavy atom. The Morgan fingerprint density at radius 2 is 2.00 bits per heavy atom. The van der Waals surface area contributed by atoms with Gasteiger partial charge in [-0.05, 0) is 18.8 Å². The number of nitrogens with one attached hydrogen (secondary N) is 1. The summed E-state index contributed by atoms with van der Waals surface area (Å²) in [6, 6.07) is -0.0197. The summed E-state index contributed by atoms with van der Waals surface area (Å²) < 4.78 is 0. The minimum atomic E-state index is -0.471. The molecule has 1 saturated carbocycles. The van der Waals surface area contributed by atoms with Crippen molar-refractivity contribution in [3.63, 3.8) is 0 Å². The van der Waals surface area contributed by atoms with E-state index in [9.17, 15) is 9.90 Å². The summed E-state index contributed by atoms with van der Waals surface area (Å²) in [6.45, 7) is 4.21. The van der Waals surface area contributed by atoms with Gasteiger partial charge in [-0.2, -0.15) is 0 Å². The molecule has 4 N–H and O–H groups in total. The topological polar surface area (TPSA) is 75.3 Å². The summed E-state index contributed by atoms with van der Waals surface area (Å²) in [5, 5.41) is 12.5. The molecule has 3 unspecified atom stereocenters. The Bertz CT molecular complexity index is 244. The lowest BCUT2D eigenvalue weighted by Gasteiger charge is -2.22. The fraction of sp³-hybridized carbons (Fsp3) is 0.923. The number of amides is 1. The average molecular weight is 242 g/mol. The summed E-state index contributed by atoms with van der Waals surface area (Å²) in [7, 11) is 0. The van der Waals surface area contributed by atoms with E-state index >= 15 is 0 Å². The van der Waals surface area contributed by atoms with Gasteiger partial charge in [-0.15, -0.1) is 0 Å². The standard InChI is InChI=1S/C13H26N2O2/c1-9(2)12(16)8-15-13(17)10-6-4-3-5-7-11(10)14/h9-12,16H,3-8,14H2,1-2H3,(H,15,17). The number of rotatable bonds is 4. The van der Waals surface area contributed by atoms with Gasteiger partial charge in [-0.25, -0.2) is 0 Å². The van der Waals surface area contributed by atoms with E-state index in [2.05, 4.69) is 5.32 Å². The molecule has 1 aliphatic rings. The summed E-state index contributed by atoms with van der Waals surface area (Å²) >= 11 is 0. The van der Waals surface area contributed by atoms with Crippen LogP contribution in [0.15, 0.2) is 0 Å². The van der Waals surface area contributed by atoms with E-state index in [0.717, 1.165) is 25.7 Å². The molecule has 0 spiro atoms. The first-order valence-electron chi connectivity index (χ1n) is 6.73. The second-order valence-corrected chi connectivity index (χ2v) is 5.46. The Balaban J connectivity index is 2.40. The van der Waals surface area contributed by atoms with E-state index in [1.54, 1.807) is 0 Å². The molecular weight excluding hydrogens is 216 g/mol. The lowest BCUT2D eigenvalue weighted by molar-refractivity contribution is -0.126. The van der Waals surface area contributed by atoms with Crippen LogP contribution in [0.5, 0.6) is 0 Å². The van der Waals surface area contributed by atoms with Gasteiger partial charge in [0.2, 0.25) is 5.91 Å². The third-order valence-electron chi connectivity index (χ3n) is 3.66. The quantitative estimate of drug-likeness (QED) is 0.644. The van der Waals surface area contributed by atoms with Crippen LogP contribution in [0.2, 0.25) is 0 Å². The van der Waals surface area contributed by atoms with E-state index < -0.39 is 6.10 Å². The maximum Gasteiger partial charge on any atom is 0.224 e. The lowest BCUT2D eigenvalue weighted by Crippen LogP contribution is -2.44. The zero-order valence-corrected chi connectivity index (χ0v) is 11.0. The molecule has 0 aromatic heterocycles. The zero-order valence-electron chi connectivity index (χ0n) is 11.0. The van der Waals surface area contributed by atoms with Gasteiger partial charge in [0, 0.05) is 12.6 Å². The van der Waals surface area contributed by atoms with Gasteiger partial charge in [-0.3, -0.25) is 4.79 Å². The molecule has 17 heavy (non-hydrogen) atoms. The largest absolute Gasteiger partial charge is 0.391 e. The molecule has 1 rings (SSSR count). The van der Waals surface area contributed by atoms with Crippen molar-refractivity contribution in [1.82, 2.24) is 5.32 Å². The van der Waals surface area contributed by atoms with Crippen LogP contribution in [0.1, 0.15) is 46.0 Å². The van der Waals surface area contributed by atoms with Crippen molar-refractivity contribution in [3.05, 3.63) is 0 Å². The first-order valence-corrected chi connectivity index (χ1v) is 6.73. The predicted molar refractivity (Wildman–Crippen MR) is 68.4 cm³/mol. The molecule has 0 aromatic rings. The van der Waals surface area contributed by atoms with Crippen LogP contribution in [0.25, 0.3) is 0 Å². The van der Waals surface area contributed by atoms with Gasteiger partial charge in [0.1, 0.15) is 0 Å². The SMILES string of the molecule is CC(C)C(O)CNC(=O)C1CCCCCC1N. The number of aliphatic hydroxyl groups is 1. The van der Waals surface area contributed by atoms with Crippen LogP contribution in [-0.4, -0.2) is 29.7 Å². The lowest BCUT2D eigenvalue weighted by atomic mass is 9.94. The number of carbonyl (C=O) groups excluding carboxylic acids is 1. The smallest absolute Gasteiger partial charge is 0.224 e. The molecule has 4 nitrogen and oxygen atoms in total. The van der Waals surface area contributed by atoms with E-state index in [4.69, 9.17) is 5.73 Å². The minimum Gasteiger partial charge on any atom is -0.391 e. The van der Waals surface area contributed by atoms with Gasteiger partial charge in [0.05, 0.1) is 12.0 Å². The zero-order chi connectivity index (χ0) is 12.8. The van der Waals surface area contributed by atoms with E-state index in [-0.39, 0.29) is 23.8 Å². The van der Waals surface area contributed by atoms with Crippen molar-refractivity contribution < 1.29 is 9.90 Å². The number of hydrogen-bond donors (Lipinski definition) is 3. The molecule has 0 aromatic carbocycles. The highest BCUT2D eigenvalue weighted by Crippen LogP contribution is 2.22. The van der Waals surface area contributed by atoms with Crippen molar-refractivity contribution in [2.45, 2.75) is 58.1 Å². The van der Waals surface area contributed by atoms with Gasteiger partial charge < -0.3 is 16.2 Å². The van der Waals surface area contributed by atoms with Crippen LogP contribution < -0.4 is 11.1 Å². The van der Waals surface area contributed by atoms with E-state index in [1.807, 2.05) is 13.8 Å². The van der Waals surface area contributed by atoms with Crippen molar-refractivity contribution in [2.75, 3.05) is 6.54 Å². The van der Waals surface area contributed by atoms with Gasteiger partial charge in [-0.1, -0.05) is 33.1 Å². The van der Waals surface area contributed by atoms with Crippen molar-refractivity contribution in [1.29, 1.82) is 0 Å². The molecule has 0 heterocycles. The summed E-state index contributed by atoms with van der Waals surface area (Å²) in [6.07, 6.45) is 4.72. The maximum absolute atomic E-state index is 12.0. The van der Waals surface area contributed by atoms with Crippen LogP contribution in [0.3, 0.4) is 0 Å². The normalized spacial score (nSPS) is 27.6. The van der Waals surface area contributed by atoms with Gasteiger partial charge in [0.25, 0.3) is 0 Å². The molecular formula is C13H26N2O2. The molecule has 3 atom stereocenters. The fourth-order valence-electron chi connectivity index (χ4n) is 2.23. The fourth-order valence-corrected chi connectivity index (χ4v) is 2.23. The molecule has 0 bridgehead atoms.